The number of carboxylic acids is 1. The van der Waals surface area contributed by atoms with Gasteiger partial charge in [-0.1, -0.05) is 0 Å². The van der Waals surface area contributed by atoms with E-state index in [1.165, 1.54) is 0 Å². The van der Waals surface area contributed by atoms with Crippen LogP contribution < -0.4 is 10.1 Å². The lowest BCUT2D eigenvalue weighted by Gasteiger charge is -2.15. The van der Waals surface area contributed by atoms with Gasteiger partial charge in [0.15, 0.2) is 0 Å². The Labute approximate surface area is 125 Å². The van der Waals surface area contributed by atoms with E-state index in [4.69, 9.17) is 9.84 Å². The SMILES string of the molecule is COc1c(Br)cc(C2CC(C(=O)O)CN2)cc1SC. The van der Waals surface area contributed by atoms with Gasteiger partial charge < -0.3 is 15.2 Å². The van der Waals surface area contributed by atoms with E-state index >= 15 is 0 Å². The van der Waals surface area contributed by atoms with Crippen LogP contribution in [0.25, 0.3) is 0 Å². The summed E-state index contributed by atoms with van der Waals surface area (Å²) < 4.78 is 6.26. The Kier molecular flexibility index (Phi) is 4.76. The standard InChI is InChI=1S/C13H16BrNO3S/c1-18-12-9(14)3-7(5-11(12)19-2)10-4-8(6-15-10)13(16)17/h3,5,8,10,15H,4,6H2,1-2H3,(H,16,17). The zero-order chi connectivity index (χ0) is 14.0. The van der Waals surface area contributed by atoms with E-state index in [1.807, 2.05) is 12.3 Å². The average Bonchev–Trinajstić information content (AvgIpc) is 2.87. The van der Waals surface area contributed by atoms with Crippen molar-refractivity contribution in [2.75, 3.05) is 19.9 Å². The molecule has 0 radical (unpaired) electrons. The number of ether oxygens (including phenoxy) is 1. The number of nitrogens with one attached hydrogen (secondary N) is 1. The van der Waals surface area contributed by atoms with Crippen LogP contribution in [0.15, 0.2) is 21.5 Å². The van der Waals surface area contributed by atoms with Crippen molar-refractivity contribution in [2.45, 2.75) is 17.4 Å². The topological polar surface area (TPSA) is 58.6 Å². The van der Waals surface area contributed by atoms with Crippen molar-refractivity contribution in [1.82, 2.24) is 5.32 Å². The van der Waals surface area contributed by atoms with Crippen LogP contribution in [0.4, 0.5) is 0 Å². The molecule has 2 N–H and O–H groups in total. The highest BCUT2D eigenvalue weighted by Crippen LogP contribution is 2.39. The Bertz CT molecular complexity index is 495. The smallest absolute Gasteiger partial charge is 0.307 e. The molecule has 2 atom stereocenters. The number of thioether (sulfide) groups is 1. The van der Waals surface area contributed by atoms with Gasteiger partial charge in [0.1, 0.15) is 5.75 Å². The second-order valence-electron chi connectivity index (χ2n) is 4.47. The van der Waals surface area contributed by atoms with Crippen molar-refractivity contribution in [1.29, 1.82) is 0 Å². The van der Waals surface area contributed by atoms with E-state index in [-0.39, 0.29) is 12.0 Å². The van der Waals surface area contributed by atoms with Crippen LogP contribution in [0.5, 0.6) is 5.75 Å². The second kappa shape index (κ2) is 6.15. The van der Waals surface area contributed by atoms with E-state index in [9.17, 15) is 4.79 Å². The molecular weight excluding hydrogens is 330 g/mol. The summed E-state index contributed by atoms with van der Waals surface area (Å²) in [6.07, 6.45) is 2.62. The first kappa shape index (κ1) is 14.7. The molecule has 0 amide bonds. The first-order valence-corrected chi connectivity index (χ1v) is 7.96. The maximum Gasteiger partial charge on any atom is 0.307 e. The Morgan fingerprint density at radius 3 is 2.84 bits per heavy atom. The van der Waals surface area contributed by atoms with Crippen LogP contribution in [0.2, 0.25) is 0 Å². The summed E-state index contributed by atoms with van der Waals surface area (Å²) in [5.74, 6) is -0.208. The highest BCUT2D eigenvalue weighted by atomic mass is 79.9. The van der Waals surface area contributed by atoms with Crippen LogP contribution in [0.3, 0.4) is 0 Å². The van der Waals surface area contributed by atoms with Gasteiger partial charge >= 0.3 is 5.97 Å². The Morgan fingerprint density at radius 2 is 2.32 bits per heavy atom. The molecule has 4 nitrogen and oxygen atoms in total. The molecule has 104 valence electrons. The van der Waals surface area contributed by atoms with Crippen molar-refractivity contribution in [3.05, 3.63) is 22.2 Å². The number of hydrogen-bond donors (Lipinski definition) is 2. The maximum absolute atomic E-state index is 11.0. The average molecular weight is 346 g/mol. The first-order chi connectivity index (χ1) is 9.06. The van der Waals surface area contributed by atoms with Crippen molar-refractivity contribution in [2.24, 2.45) is 5.92 Å². The number of rotatable bonds is 4. The van der Waals surface area contributed by atoms with Gasteiger partial charge in [0.2, 0.25) is 0 Å². The molecule has 0 spiro atoms. The number of methoxy groups -OCH3 is 1. The molecule has 0 aromatic heterocycles. The lowest BCUT2D eigenvalue weighted by Crippen LogP contribution is -2.17. The Hall–Kier alpha value is -0.720. The molecule has 6 heteroatoms. The van der Waals surface area contributed by atoms with Crippen molar-refractivity contribution in [3.8, 4) is 5.75 Å². The predicted molar refractivity (Wildman–Crippen MR) is 79.0 cm³/mol. The monoisotopic (exact) mass is 345 g/mol. The lowest BCUT2D eigenvalue weighted by molar-refractivity contribution is -0.141. The summed E-state index contributed by atoms with van der Waals surface area (Å²) in [6.45, 7) is 0.526. The van der Waals surface area contributed by atoms with Gasteiger partial charge in [-0.05, 0) is 46.3 Å². The van der Waals surface area contributed by atoms with Crippen molar-refractivity contribution >= 4 is 33.7 Å². The van der Waals surface area contributed by atoms with Gasteiger partial charge in [-0.2, -0.15) is 0 Å². The number of hydrogen-bond acceptors (Lipinski definition) is 4. The van der Waals surface area contributed by atoms with E-state index in [1.54, 1.807) is 18.9 Å². The first-order valence-electron chi connectivity index (χ1n) is 5.94. The fraction of sp³-hybridized carbons (Fsp3) is 0.462. The van der Waals surface area contributed by atoms with Gasteiger partial charge in [0, 0.05) is 12.6 Å². The van der Waals surface area contributed by atoms with E-state index in [0.717, 1.165) is 20.7 Å². The number of carbonyl (C=O) groups is 1. The number of benzene rings is 1. The van der Waals surface area contributed by atoms with Gasteiger partial charge in [0.25, 0.3) is 0 Å². The molecule has 1 aliphatic rings. The summed E-state index contributed by atoms with van der Waals surface area (Å²) in [5, 5.41) is 12.3. The largest absolute Gasteiger partial charge is 0.494 e. The fourth-order valence-electron chi connectivity index (χ4n) is 2.32. The minimum absolute atomic E-state index is 0.0919. The highest BCUT2D eigenvalue weighted by molar-refractivity contribution is 9.10. The summed E-state index contributed by atoms with van der Waals surface area (Å²) in [7, 11) is 1.65. The molecule has 19 heavy (non-hydrogen) atoms. The van der Waals surface area contributed by atoms with Crippen LogP contribution in [-0.2, 0) is 4.79 Å². The normalized spacial score (nSPS) is 22.5. The molecule has 1 aromatic carbocycles. The van der Waals surface area contributed by atoms with Crippen LogP contribution in [0.1, 0.15) is 18.0 Å². The van der Waals surface area contributed by atoms with Crippen LogP contribution in [0, 0.1) is 5.92 Å². The molecule has 1 heterocycles. The second-order valence-corrected chi connectivity index (χ2v) is 6.17. The van der Waals surface area contributed by atoms with E-state index in [2.05, 4.69) is 27.3 Å². The number of carboxylic acid groups (broad SMARTS) is 1. The van der Waals surface area contributed by atoms with Gasteiger partial charge in [-0.15, -0.1) is 11.8 Å². The Morgan fingerprint density at radius 1 is 1.58 bits per heavy atom. The third kappa shape index (κ3) is 3.07. The van der Waals surface area contributed by atoms with Crippen LogP contribution >= 0.6 is 27.7 Å². The molecule has 0 saturated carbocycles. The third-order valence-electron chi connectivity index (χ3n) is 3.34. The summed E-state index contributed by atoms with van der Waals surface area (Å²) in [6, 6.07) is 4.16. The van der Waals surface area contributed by atoms with E-state index in [0.29, 0.717) is 13.0 Å². The molecule has 0 aliphatic carbocycles. The molecule has 2 rings (SSSR count). The fourth-order valence-corrected chi connectivity index (χ4v) is 3.72. The third-order valence-corrected chi connectivity index (χ3v) is 4.67. The summed E-state index contributed by atoms with van der Waals surface area (Å²) in [5.41, 5.74) is 1.10. The predicted octanol–water partition coefficient (Wildman–Crippen LogP) is 2.91. The highest BCUT2D eigenvalue weighted by Gasteiger charge is 2.30. The number of aliphatic carboxylic acids is 1. The minimum Gasteiger partial charge on any atom is -0.494 e. The zero-order valence-corrected chi connectivity index (χ0v) is 13.2. The van der Waals surface area contributed by atoms with Gasteiger partial charge in [-0.25, -0.2) is 0 Å². The number of halogens is 1. The van der Waals surface area contributed by atoms with Crippen LogP contribution in [-0.4, -0.2) is 31.0 Å². The quantitative estimate of drug-likeness (QED) is 0.821. The molecule has 1 saturated heterocycles. The molecular formula is C13H16BrNO3S. The Balaban J connectivity index is 2.27. The molecule has 0 bridgehead atoms. The van der Waals surface area contributed by atoms with Gasteiger partial charge in [-0.3, -0.25) is 4.79 Å². The van der Waals surface area contributed by atoms with Crippen molar-refractivity contribution < 1.29 is 14.6 Å². The molecule has 1 aliphatic heterocycles. The van der Waals surface area contributed by atoms with Gasteiger partial charge in [0.05, 0.1) is 22.4 Å². The summed E-state index contributed by atoms with van der Waals surface area (Å²) in [4.78, 5) is 12.0. The zero-order valence-electron chi connectivity index (χ0n) is 10.8. The molecule has 2 unspecified atom stereocenters. The molecule has 1 fully saturated rings. The summed E-state index contributed by atoms with van der Waals surface area (Å²) >= 11 is 5.12. The molecule has 1 aromatic rings. The van der Waals surface area contributed by atoms with Crippen molar-refractivity contribution in [3.63, 3.8) is 0 Å². The lowest BCUT2D eigenvalue weighted by atomic mass is 10.00. The van der Waals surface area contributed by atoms with E-state index < -0.39 is 5.97 Å². The minimum atomic E-state index is -0.729. The maximum atomic E-state index is 11.0.